The van der Waals surface area contributed by atoms with E-state index < -0.39 is 15.5 Å². The van der Waals surface area contributed by atoms with Gasteiger partial charge in [-0.1, -0.05) is 17.7 Å². The minimum absolute atomic E-state index is 0. The summed E-state index contributed by atoms with van der Waals surface area (Å²) < 4.78 is 61.3. The van der Waals surface area contributed by atoms with E-state index in [1.807, 2.05) is 6.92 Å². The molecule has 1 aromatic heterocycles. The van der Waals surface area contributed by atoms with Crippen LogP contribution in [0.25, 0.3) is 0 Å². The van der Waals surface area contributed by atoms with Crippen LogP contribution in [-0.2, 0) is 16.6 Å². The van der Waals surface area contributed by atoms with E-state index >= 15 is 0 Å². The second-order valence-electron chi connectivity index (χ2n) is 5.95. The van der Waals surface area contributed by atoms with E-state index in [-0.39, 0.29) is 55.9 Å². The molecule has 0 saturated carbocycles. The summed E-state index contributed by atoms with van der Waals surface area (Å²) in [4.78, 5) is 8.38. The van der Waals surface area contributed by atoms with Gasteiger partial charge in [0, 0.05) is 31.9 Å². The third-order valence-corrected chi connectivity index (χ3v) is 5.83. The molecule has 0 bridgehead atoms. The fourth-order valence-corrected chi connectivity index (χ4v) is 3.67. The van der Waals surface area contributed by atoms with Crippen molar-refractivity contribution in [2.75, 3.05) is 19.6 Å². The summed E-state index contributed by atoms with van der Waals surface area (Å²) in [6.45, 7) is 2.45. The van der Waals surface area contributed by atoms with E-state index in [0.29, 0.717) is 28.5 Å². The van der Waals surface area contributed by atoms with E-state index in [9.17, 15) is 21.6 Å². The number of alkyl halides is 3. The Morgan fingerprint density at radius 2 is 2.00 bits per heavy atom. The number of rotatable bonds is 5. The lowest BCUT2D eigenvalue weighted by Gasteiger charge is -2.32. The highest BCUT2D eigenvalue weighted by atomic mass is 127. The number of halogens is 5. The molecule has 160 valence electrons. The van der Waals surface area contributed by atoms with Gasteiger partial charge in [0.2, 0.25) is 0 Å². The predicted octanol–water partition coefficient (Wildman–Crippen LogP) is 2.72. The average Bonchev–Trinajstić information content (AvgIpc) is 2.61. The Bertz CT molecular complexity index is 754. The molecule has 1 aliphatic heterocycles. The normalized spacial score (nSPS) is 17.1. The van der Waals surface area contributed by atoms with Crippen molar-refractivity contribution in [3.05, 3.63) is 29.0 Å². The number of aromatic nitrogens is 1. The summed E-state index contributed by atoms with van der Waals surface area (Å²) in [5, 5.41) is 6.58. The van der Waals surface area contributed by atoms with E-state index in [0.717, 1.165) is 5.56 Å². The number of hydrogen-bond acceptors (Lipinski definition) is 4. The van der Waals surface area contributed by atoms with Crippen molar-refractivity contribution in [3.63, 3.8) is 0 Å². The summed E-state index contributed by atoms with van der Waals surface area (Å²) in [5.41, 5.74) is -4.42. The number of sulfonamides is 1. The molecular weight excluding hydrogens is 534 g/mol. The number of aliphatic imine (C=N–C) groups is 1. The Kier molecular flexibility index (Phi) is 9.70. The zero-order valence-corrected chi connectivity index (χ0v) is 18.9. The van der Waals surface area contributed by atoms with Gasteiger partial charge in [0.15, 0.2) is 5.96 Å². The fraction of sp³-hybridized carbons (Fsp3) is 0.600. The number of pyridine rings is 1. The number of hydrogen-bond donors (Lipinski definition) is 2. The highest BCUT2D eigenvalue weighted by Crippen LogP contribution is 2.28. The monoisotopic (exact) mass is 555 g/mol. The van der Waals surface area contributed by atoms with Crippen molar-refractivity contribution in [1.29, 1.82) is 0 Å². The SMILES string of the molecule is CCNC(=NCc1ccc(Cl)nc1)NC1CCN(S(=O)(=O)C(F)(F)F)CC1.I. The second kappa shape index (κ2) is 10.8. The Morgan fingerprint density at radius 1 is 1.36 bits per heavy atom. The van der Waals surface area contributed by atoms with Gasteiger partial charge in [-0.25, -0.2) is 18.4 Å². The molecule has 0 spiro atoms. The van der Waals surface area contributed by atoms with Gasteiger partial charge in [0.1, 0.15) is 5.15 Å². The topological polar surface area (TPSA) is 86.7 Å². The molecule has 2 rings (SSSR count). The van der Waals surface area contributed by atoms with Gasteiger partial charge in [0.05, 0.1) is 6.54 Å². The number of nitrogens with one attached hydrogen (secondary N) is 2. The third kappa shape index (κ3) is 6.88. The van der Waals surface area contributed by atoms with Crippen molar-refractivity contribution < 1.29 is 21.6 Å². The van der Waals surface area contributed by atoms with E-state index in [4.69, 9.17) is 11.6 Å². The van der Waals surface area contributed by atoms with Crippen molar-refractivity contribution >= 4 is 51.6 Å². The quantitative estimate of drug-likeness (QED) is 0.253. The predicted molar refractivity (Wildman–Crippen MR) is 112 cm³/mol. The maximum Gasteiger partial charge on any atom is 0.511 e. The Labute approximate surface area is 184 Å². The second-order valence-corrected chi connectivity index (χ2v) is 8.27. The smallest absolute Gasteiger partial charge is 0.357 e. The zero-order chi connectivity index (χ0) is 20.1. The van der Waals surface area contributed by atoms with Crippen LogP contribution in [-0.4, -0.2) is 54.9 Å². The maximum atomic E-state index is 12.6. The first-order valence-corrected chi connectivity index (χ1v) is 10.2. The minimum atomic E-state index is -5.27. The molecule has 0 atom stereocenters. The Hall–Kier alpha value is -0.860. The molecule has 0 aliphatic carbocycles. The molecule has 0 unspecified atom stereocenters. The first-order valence-electron chi connectivity index (χ1n) is 8.35. The van der Waals surface area contributed by atoms with Crippen LogP contribution < -0.4 is 10.6 Å². The van der Waals surface area contributed by atoms with E-state index in [1.54, 1.807) is 18.3 Å². The molecule has 1 aliphatic rings. The van der Waals surface area contributed by atoms with Gasteiger partial charge in [0.25, 0.3) is 0 Å². The van der Waals surface area contributed by atoms with Crippen LogP contribution in [0.2, 0.25) is 5.15 Å². The van der Waals surface area contributed by atoms with Gasteiger partial charge >= 0.3 is 15.5 Å². The summed E-state index contributed by atoms with van der Waals surface area (Å²) >= 11 is 5.74. The molecule has 2 heterocycles. The molecule has 28 heavy (non-hydrogen) atoms. The van der Waals surface area contributed by atoms with Gasteiger partial charge in [-0.3, -0.25) is 0 Å². The van der Waals surface area contributed by atoms with Crippen LogP contribution in [0.1, 0.15) is 25.3 Å². The molecule has 1 saturated heterocycles. The standard InChI is InChI=1S/C15H21ClF3N5O2S.HI/c1-2-20-14(22-10-11-3-4-13(16)21-9-11)23-12-5-7-24(8-6-12)27(25,26)15(17,18)19;/h3-4,9,12H,2,5-8,10H2,1H3,(H2,20,22,23);1H. The van der Waals surface area contributed by atoms with Crippen LogP contribution in [0.5, 0.6) is 0 Å². The zero-order valence-electron chi connectivity index (χ0n) is 15.0. The van der Waals surface area contributed by atoms with Crippen molar-refractivity contribution in [1.82, 2.24) is 19.9 Å². The van der Waals surface area contributed by atoms with E-state index in [2.05, 4.69) is 20.6 Å². The third-order valence-electron chi connectivity index (χ3n) is 3.98. The van der Waals surface area contributed by atoms with Gasteiger partial charge < -0.3 is 10.6 Å². The lowest BCUT2D eigenvalue weighted by Crippen LogP contribution is -2.51. The minimum Gasteiger partial charge on any atom is -0.357 e. The van der Waals surface area contributed by atoms with Crippen molar-refractivity contribution in [2.24, 2.45) is 4.99 Å². The van der Waals surface area contributed by atoms with E-state index in [1.165, 1.54) is 0 Å². The fourth-order valence-electron chi connectivity index (χ4n) is 2.57. The Balaban J connectivity index is 0.00000392. The van der Waals surface area contributed by atoms with Gasteiger partial charge in [-0.15, -0.1) is 24.0 Å². The van der Waals surface area contributed by atoms with Crippen LogP contribution in [0.4, 0.5) is 13.2 Å². The summed E-state index contributed by atoms with van der Waals surface area (Å²) in [7, 11) is -5.27. The highest BCUT2D eigenvalue weighted by molar-refractivity contribution is 14.0. The molecule has 1 fully saturated rings. The van der Waals surface area contributed by atoms with Crippen LogP contribution in [0.3, 0.4) is 0 Å². The number of nitrogens with zero attached hydrogens (tertiary/aromatic N) is 3. The molecule has 1 aromatic rings. The first kappa shape index (κ1) is 25.2. The summed E-state index contributed by atoms with van der Waals surface area (Å²) in [6, 6.07) is 3.28. The van der Waals surface area contributed by atoms with Crippen molar-refractivity contribution in [3.8, 4) is 0 Å². The lowest BCUT2D eigenvalue weighted by atomic mass is 10.1. The largest absolute Gasteiger partial charge is 0.511 e. The molecule has 0 amide bonds. The van der Waals surface area contributed by atoms with Crippen LogP contribution in [0, 0.1) is 0 Å². The van der Waals surface area contributed by atoms with Gasteiger partial charge in [-0.05, 0) is 31.4 Å². The van der Waals surface area contributed by atoms with Crippen molar-refractivity contribution in [2.45, 2.75) is 37.9 Å². The molecule has 2 N–H and O–H groups in total. The summed E-state index contributed by atoms with van der Waals surface area (Å²) in [6.07, 6.45) is 2.11. The number of guanidine groups is 1. The molecular formula is C15H22ClF3IN5O2S. The average molecular weight is 556 g/mol. The first-order chi connectivity index (χ1) is 12.6. The maximum absolute atomic E-state index is 12.6. The molecule has 0 radical (unpaired) electrons. The number of piperidine rings is 1. The lowest BCUT2D eigenvalue weighted by molar-refractivity contribution is -0.0494. The molecule has 7 nitrogen and oxygen atoms in total. The van der Waals surface area contributed by atoms with Crippen LogP contribution in [0.15, 0.2) is 23.3 Å². The van der Waals surface area contributed by atoms with Gasteiger partial charge in [-0.2, -0.15) is 17.5 Å². The Morgan fingerprint density at radius 3 is 2.50 bits per heavy atom. The molecule has 0 aromatic carbocycles. The molecule has 13 heteroatoms. The highest BCUT2D eigenvalue weighted by Gasteiger charge is 2.50. The summed E-state index contributed by atoms with van der Waals surface area (Å²) in [5.74, 6) is 0.504. The van der Waals surface area contributed by atoms with Crippen LogP contribution >= 0.6 is 35.6 Å².